The zero-order valence-corrected chi connectivity index (χ0v) is 19.6. The maximum Gasteiger partial charge on any atom is 0.256 e. The number of halogens is 3. The predicted octanol–water partition coefficient (Wildman–Crippen LogP) is 6.72. The summed E-state index contributed by atoms with van der Waals surface area (Å²) in [5.74, 6) is 0.398. The first-order valence-electron chi connectivity index (χ1n) is 7.92. The minimum absolute atomic E-state index is 0.165. The summed E-state index contributed by atoms with van der Waals surface area (Å²) in [4.78, 5) is 17.2. The largest absolute Gasteiger partial charge is 0.436 e. The monoisotopic (exact) mass is 644 g/mol. The molecule has 0 saturated heterocycles. The zero-order valence-electron chi connectivity index (χ0n) is 13.7. The minimum atomic E-state index is -0.165. The van der Waals surface area contributed by atoms with E-state index in [2.05, 4.69) is 71.4 Å². The first kappa shape index (κ1) is 18.9. The fraction of sp³-hybridized carbons (Fsp3) is 0. The highest BCUT2D eigenvalue weighted by Crippen LogP contribution is 2.27. The van der Waals surface area contributed by atoms with Crippen molar-refractivity contribution >= 4 is 83.8 Å². The van der Waals surface area contributed by atoms with Crippen LogP contribution in [0.1, 0.15) is 10.4 Å². The quantitative estimate of drug-likeness (QED) is 0.252. The fourth-order valence-electron chi connectivity index (χ4n) is 2.62. The summed E-state index contributed by atoms with van der Waals surface area (Å²) in [5, 5.41) is 2.93. The summed E-state index contributed by atoms with van der Waals surface area (Å²) in [5.41, 5.74) is 3.59. The first-order valence-corrected chi connectivity index (χ1v) is 10.9. The minimum Gasteiger partial charge on any atom is -0.436 e. The molecule has 3 aromatic carbocycles. The van der Waals surface area contributed by atoms with Crippen LogP contribution in [0.2, 0.25) is 0 Å². The van der Waals surface area contributed by atoms with Gasteiger partial charge < -0.3 is 9.73 Å². The lowest BCUT2D eigenvalue weighted by Gasteiger charge is -2.07. The molecule has 1 heterocycles. The summed E-state index contributed by atoms with van der Waals surface area (Å²) in [6, 6.07) is 19.0. The van der Waals surface area contributed by atoms with E-state index in [4.69, 9.17) is 4.42 Å². The standard InChI is InChI=1S/C20H11BrI2N2O2/c21-12-4-6-16(23)15(9-12)19(26)24-14-5-7-18-17(10-14)25-20(27-18)11-2-1-3-13(22)8-11/h1-10H,(H,24,26). The smallest absolute Gasteiger partial charge is 0.256 e. The number of hydrogen-bond acceptors (Lipinski definition) is 3. The molecule has 0 aliphatic rings. The molecule has 1 aromatic heterocycles. The number of carbonyl (C=O) groups is 1. The van der Waals surface area contributed by atoms with Crippen molar-refractivity contribution in [2.45, 2.75) is 0 Å². The van der Waals surface area contributed by atoms with Gasteiger partial charge in [-0.2, -0.15) is 0 Å². The van der Waals surface area contributed by atoms with Crippen LogP contribution in [0.4, 0.5) is 5.69 Å². The van der Waals surface area contributed by atoms with Gasteiger partial charge in [-0.15, -0.1) is 0 Å². The Kier molecular flexibility index (Phi) is 5.51. The van der Waals surface area contributed by atoms with Crippen LogP contribution >= 0.6 is 61.1 Å². The van der Waals surface area contributed by atoms with E-state index in [1.807, 2.05) is 54.6 Å². The van der Waals surface area contributed by atoms with Gasteiger partial charge in [0.05, 0.1) is 5.56 Å². The summed E-state index contributed by atoms with van der Waals surface area (Å²) < 4.78 is 8.72. The molecule has 4 rings (SSSR count). The van der Waals surface area contributed by atoms with E-state index < -0.39 is 0 Å². The topological polar surface area (TPSA) is 55.1 Å². The molecule has 1 amide bonds. The average molecular weight is 645 g/mol. The van der Waals surface area contributed by atoms with Crippen LogP contribution in [0.3, 0.4) is 0 Å². The van der Waals surface area contributed by atoms with Crippen LogP contribution in [0, 0.1) is 7.14 Å². The number of oxazole rings is 1. The van der Waals surface area contributed by atoms with Gasteiger partial charge in [0.15, 0.2) is 5.58 Å². The molecule has 134 valence electrons. The van der Waals surface area contributed by atoms with E-state index in [9.17, 15) is 4.79 Å². The van der Waals surface area contributed by atoms with E-state index >= 15 is 0 Å². The van der Waals surface area contributed by atoms with Crippen LogP contribution in [0.25, 0.3) is 22.6 Å². The molecule has 0 aliphatic heterocycles. The van der Waals surface area contributed by atoms with Crippen molar-refractivity contribution in [3.8, 4) is 11.5 Å². The van der Waals surface area contributed by atoms with Crippen molar-refractivity contribution in [2.75, 3.05) is 5.32 Å². The number of hydrogen-bond donors (Lipinski definition) is 1. The van der Waals surface area contributed by atoms with Crippen LogP contribution in [-0.2, 0) is 0 Å². The van der Waals surface area contributed by atoms with Crippen LogP contribution in [0.5, 0.6) is 0 Å². The van der Waals surface area contributed by atoms with E-state index in [1.165, 1.54) is 0 Å². The third-order valence-electron chi connectivity index (χ3n) is 3.89. The second-order valence-corrected chi connectivity index (χ2v) is 9.11. The highest BCUT2D eigenvalue weighted by Gasteiger charge is 2.13. The third-order valence-corrected chi connectivity index (χ3v) is 5.99. The summed E-state index contributed by atoms with van der Waals surface area (Å²) >= 11 is 7.82. The summed E-state index contributed by atoms with van der Waals surface area (Å²) in [7, 11) is 0. The van der Waals surface area contributed by atoms with E-state index in [-0.39, 0.29) is 5.91 Å². The van der Waals surface area contributed by atoms with Gasteiger partial charge in [-0.3, -0.25) is 4.79 Å². The number of rotatable bonds is 3. The number of anilines is 1. The third kappa shape index (κ3) is 4.19. The maximum absolute atomic E-state index is 12.6. The van der Waals surface area contributed by atoms with Crippen molar-refractivity contribution in [1.29, 1.82) is 0 Å². The zero-order chi connectivity index (χ0) is 19.0. The molecular formula is C20H11BrI2N2O2. The SMILES string of the molecule is O=C(Nc1ccc2oc(-c3cccc(I)c3)nc2c1)c1cc(Br)ccc1I. The van der Waals surface area contributed by atoms with Gasteiger partial charge in [0.1, 0.15) is 5.52 Å². The Labute approximate surface area is 191 Å². The van der Waals surface area contributed by atoms with Crippen molar-refractivity contribution in [3.63, 3.8) is 0 Å². The molecule has 7 heteroatoms. The second-order valence-electron chi connectivity index (χ2n) is 5.79. The lowest BCUT2D eigenvalue weighted by Crippen LogP contribution is -2.13. The lowest BCUT2D eigenvalue weighted by atomic mass is 10.2. The number of aromatic nitrogens is 1. The van der Waals surface area contributed by atoms with E-state index in [0.717, 1.165) is 17.2 Å². The number of carbonyl (C=O) groups excluding carboxylic acids is 1. The van der Waals surface area contributed by atoms with Gasteiger partial charge in [0.25, 0.3) is 5.91 Å². The number of nitrogens with one attached hydrogen (secondary N) is 1. The Bertz CT molecular complexity index is 1170. The Balaban J connectivity index is 1.64. The Morgan fingerprint density at radius 2 is 1.89 bits per heavy atom. The van der Waals surface area contributed by atoms with E-state index in [1.54, 1.807) is 6.07 Å². The molecule has 0 fully saturated rings. The van der Waals surface area contributed by atoms with Crippen LogP contribution in [0.15, 0.2) is 69.6 Å². The van der Waals surface area contributed by atoms with E-state index in [0.29, 0.717) is 28.2 Å². The van der Waals surface area contributed by atoms with Gasteiger partial charge in [0.2, 0.25) is 5.89 Å². The predicted molar refractivity (Wildman–Crippen MR) is 127 cm³/mol. The molecule has 0 bridgehead atoms. The van der Waals surface area contributed by atoms with Crippen molar-refractivity contribution < 1.29 is 9.21 Å². The van der Waals surface area contributed by atoms with Crippen molar-refractivity contribution in [1.82, 2.24) is 4.98 Å². The van der Waals surface area contributed by atoms with Gasteiger partial charge in [-0.25, -0.2) is 4.98 Å². The molecule has 4 nitrogen and oxygen atoms in total. The highest BCUT2D eigenvalue weighted by molar-refractivity contribution is 14.1. The molecule has 0 aliphatic carbocycles. The molecule has 0 spiro atoms. The molecule has 0 radical (unpaired) electrons. The average Bonchev–Trinajstić information content (AvgIpc) is 3.07. The number of benzene rings is 3. The number of nitrogens with zero attached hydrogens (tertiary/aromatic N) is 1. The number of fused-ring (bicyclic) bond motifs is 1. The van der Waals surface area contributed by atoms with Crippen molar-refractivity contribution in [2.24, 2.45) is 0 Å². The Morgan fingerprint density at radius 3 is 2.70 bits per heavy atom. The molecule has 27 heavy (non-hydrogen) atoms. The molecule has 0 unspecified atom stereocenters. The van der Waals surface area contributed by atoms with Gasteiger partial charge in [0, 0.05) is 22.9 Å². The Hall–Kier alpha value is -1.46. The molecule has 0 saturated carbocycles. The summed E-state index contributed by atoms with van der Waals surface area (Å²) in [6.45, 7) is 0. The molecular weight excluding hydrogens is 634 g/mol. The molecule has 1 N–H and O–H groups in total. The Morgan fingerprint density at radius 1 is 1.04 bits per heavy atom. The maximum atomic E-state index is 12.6. The van der Waals surface area contributed by atoms with Crippen LogP contribution in [-0.4, -0.2) is 10.9 Å². The summed E-state index contributed by atoms with van der Waals surface area (Å²) in [6.07, 6.45) is 0. The second kappa shape index (κ2) is 7.88. The lowest BCUT2D eigenvalue weighted by molar-refractivity contribution is 0.102. The van der Waals surface area contributed by atoms with Crippen molar-refractivity contribution in [3.05, 3.63) is 77.8 Å². The number of amides is 1. The van der Waals surface area contributed by atoms with Gasteiger partial charge in [-0.1, -0.05) is 22.0 Å². The highest BCUT2D eigenvalue weighted by atomic mass is 127. The van der Waals surface area contributed by atoms with Gasteiger partial charge >= 0.3 is 0 Å². The molecule has 0 atom stereocenters. The van der Waals surface area contributed by atoms with Crippen LogP contribution < -0.4 is 5.32 Å². The fourth-order valence-corrected chi connectivity index (χ4v) is 4.10. The molecule has 4 aromatic rings. The first-order chi connectivity index (χ1) is 13.0. The van der Waals surface area contributed by atoms with Gasteiger partial charge in [-0.05, 0) is 99.8 Å². The normalized spacial score (nSPS) is 10.9.